The van der Waals surface area contributed by atoms with E-state index in [1.807, 2.05) is 20.8 Å². The van der Waals surface area contributed by atoms with E-state index < -0.39 is 6.04 Å². The second-order valence-electron chi connectivity index (χ2n) is 4.15. The third-order valence-corrected chi connectivity index (χ3v) is 2.39. The lowest BCUT2D eigenvalue weighted by Gasteiger charge is -2.23. The molecule has 0 fully saturated rings. The van der Waals surface area contributed by atoms with Gasteiger partial charge in [0.2, 0.25) is 5.91 Å². The van der Waals surface area contributed by atoms with E-state index in [-0.39, 0.29) is 11.9 Å². The second-order valence-corrected chi connectivity index (χ2v) is 4.15. The second kappa shape index (κ2) is 8.30. The molecule has 0 rings (SSSR count). The molecule has 0 saturated carbocycles. The van der Waals surface area contributed by atoms with E-state index in [9.17, 15) is 4.79 Å². The Labute approximate surface area is 98.2 Å². The average Bonchev–Trinajstić information content (AvgIpc) is 2.23. The van der Waals surface area contributed by atoms with Gasteiger partial charge < -0.3 is 15.8 Å². The lowest BCUT2D eigenvalue weighted by molar-refractivity contribution is -0.123. The molecule has 16 heavy (non-hydrogen) atoms. The minimum absolute atomic E-state index is 0.0170. The van der Waals surface area contributed by atoms with E-state index in [0.717, 1.165) is 0 Å². The Hall–Kier alpha value is -0.870. The van der Waals surface area contributed by atoms with Gasteiger partial charge in [0.1, 0.15) is 0 Å². The van der Waals surface area contributed by atoms with Gasteiger partial charge in [-0.3, -0.25) is 4.79 Å². The number of carbonyl (C=O) groups is 1. The molecule has 2 atom stereocenters. The lowest BCUT2D eigenvalue weighted by atomic mass is 10.0. The van der Waals surface area contributed by atoms with Gasteiger partial charge >= 0.3 is 0 Å². The van der Waals surface area contributed by atoms with Crippen LogP contribution >= 0.6 is 0 Å². The van der Waals surface area contributed by atoms with E-state index >= 15 is 0 Å². The van der Waals surface area contributed by atoms with Crippen molar-refractivity contribution in [2.24, 2.45) is 11.7 Å². The number of carbonyl (C=O) groups excluding carboxylic acids is 1. The molecular weight excluding hydrogens is 204 g/mol. The fraction of sp³-hybridized carbons (Fsp3) is 0.750. The summed E-state index contributed by atoms with van der Waals surface area (Å²) in [5.41, 5.74) is 5.68. The summed E-state index contributed by atoms with van der Waals surface area (Å²) in [5, 5.41) is 2.90. The fourth-order valence-corrected chi connectivity index (χ4v) is 1.22. The molecule has 0 aliphatic carbocycles. The van der Waals surface area contributed by atoms with Gasteiger partial charge in [0.15, 0.2) is 0 Å². The van der Waals surface area contributed by atoms with Gasteiger partial charge in [-0.15, -0.1) is 6.58 Å². The number of hydrogen-bond acceptors (Lipinski definition) is 3. The molecule has 94 valence electrons. The van der Waals surface area contributed by atoms with Gasteiger partial charge in [-0.1, -0.05) is 19.9 Å². The standard InChI is InChI=1S/C12H24N2O2/c1-5-7-10(13)12(15)14-11(9(3)4)8-16-6-2/h5,9-11H,1,6-8,13H2,2-4H3,(H,14,15). The van der Waals surface area contributed by atoms with E-state index in [0.29, 0.717) is 25.6 Å². The Morgan fingerprint density at radius 3 is 2.62 bits per heavy atom. The smallest absolute Gasteiger partial charge is 0.237 e. The molecule has 0 aliphatic heterocycles. The van der Waals surface area contributed by atoms with E-state index in [4.69, 9.17) is 10.5 Å². The SMILES string of the molecule is C=CCC(N)C(=O)NC(COCC)C(C)C. The first-order chi connectivity index (χ1) is 7.52. The zero-order chi connectivity index (χ0) is 12.6. The van der Waals surface area contributed by atoms with Crippen molar-refractivity contribution < 1.29 is 9.53 Å². The molecule has 0 spiro atoms. The molecule has 3 N–H and O–H groups in total. The molecular formula is C12H24N2O2. The molecule has 4 nitrogen and oxygen atoms in total. The molecule has 0 radical (unpaired) electrons. The minimum atomic E-state index is -0.514. The monoisotopic (exact) mass is 228 g/mol. The van der Waals surface area contributed by atoms with Crippen molar-refractivity contribution in [2.45, 2.75) is 39.3 Å². The first-order valence-electron chi connectivity index (χ1n) is 5.77. The first-order valence-corrected chi connectivity index (χ1v) is 5.77. The predicted molar refractivity (Wildman–Crippen MR) is 66.1 cm³/mol. The maximum absolute atomic E-state index is 11.7. The van der Waals surface area contributed by atoms with Crippen molar-refractivity contribution in [3.63, 3.8) is 0 Å². The molecule has 4 heteroatoms. The highest BCUT2D eigenvalue weighted by atomic mass is 16.5. The van der Waals surface area contributed by atoms with Crippen molar-refractivity contribution in [3.8, 4) is 0 Å². The molecule has 0 aromatic rings. The molecule has 0 aromatic carbocycles. The zero-order valence-electron chi connectivity index (χ0n) is 10.5. The van der Waals surface area contributed by atoms with Crippen molar-refractivity contribution in [1.82, 2.24) is 5.32 Å². The van der Waals surface area contributed by atoms with Crippen LogP contribution in [-0.4, -0.2) is 31.2 Å². The molecule has 1 amide bonds. The normalized spacial score (nSPS) is 14.6. The highest BCUT2D eigenvalue weighted by Crippen LogP contribution is 2.03. The first kappa shape index (κ1) is 15.1. The summed E-state index contributed by atoms with van der Waals surface area (Å²) < 4.78 is 5.32. The highest BCUT2D eigenvalue weighted by molar-refractivity contribution is 5.81. The highest BCUT2D eigenvalue weighted by Gasteiger charge is 2.19. The summed E-state index contributed by atoms with van der Waals surface area (Å²) in [6, 6.07) is -0.497. The van der Waals surface area contributed by atoms with Crippen LogP contribution in [-0.2, 0) is 9.53 Å². The van der Waals surface area contributed by atoms with Gasteiger partial charge in [-0.2, -0.15) is 0 Å². The zero-order valence-corrected chi connectivity index (χ0v) is 10.5. The Morgan fingerprint density at radius 2 is 2.19 bits per heavy atom. The lowest BCUT2D eigenvalue weighted by Crippen LogP contribution is -2.48. The number of hydrogen-bond donors (Lipinski definition) is 2. The largest absolute Gasteiger partial charge is 0.380 e. The van der Waals surface area contributed by atoms with Gasteiger partial charge in [0, 0.05) is 6.61 Å². The topological polar surface area (TPSA) is 64.4 Å². The van der Waals surface area contributed by atoms with E-state index in [1.54, 1.807) is 6.08 Å². The summed E-state index contributed by atoms with van der Waals surface area (Å²) >= 11 is 0. The number of nitrogens with one attached hydrogen (secondary N) is 1. The van der Waals surface area contributed by atoms with Gasteiger partial charge in [-0.05, 0) is 19.3 Å². The molecule has 2 unspecified atom stereocenters. The predicted octanol–water partition coefficient (Wildman–Crippen LogP) is 1.07. The Morgan fingerprint density at radius 1 is 1.56 bits per heavy atom. The Kier molecular flexibility index (Phi) is 7.85. The van der Waals surface area contributed by atoms with Crippen LogP contribution in [0.15, 0.2) is 12.7 Å². The van der Waals surface area contributed by atoms with E-state index in [2.05, 4.69) is 11.9 Å². The van der Waals surface area contributed by atoms with Gasteiger partial charge in [-0.25, -0.2) is 0 Å². The van der Waals surface area contributed by atoms with Gasteiger partial charge in [0.05, 0.1) is 18.7 Å². The van der Waals surface area contributed by atoms with Crippen LogP contribution in [0, 0.1) is 5.92 Å². The summed E-state index contributed by atoms with van der Waals surface area (Å²) in [5.74, 6) is 0.185. The maximum atomic E-state index is 11.7. The number of ether oxygens (including phenoxy) is 1. The van der Waals surface area contributed by atoms with Crippen LogP contribution in [0.2, 0.25) is 0 Å². The average molecular weight is 228 g/mol. The number of nitrogens with two attached hydrogens (primary N) is 1. The maximum Gasteiger partial charge on any atom is 0.237 e. The van der Waals surface area contributed by atoms with Crippen molar-refractivity contribution in [1.29, 1.82) is 0 Å². The Bertz CT molecular complexity index is 217. The third-order valence-electron chi connectivity index (χ3n) is 2.39. The number of amides is 1. The summed E-state index contributed by atoms with van der Waals surface area (Å²) in [7, 11) is 0. The van der Waals surface area contributed by atoms with Crippen LogP contribution in [0.25, 0.3) is 0 Å². The van der Waals surface area contributed by atoms with Crippen LogP contribution in [0.4, 0.5) is 0 Å². The van der Waals surface area contributed by atoms with Crippen LogP contribution in [0.5, 0.6) is 0 Å². The van der Waals surface area contributed by atoms with Crippen LogP contribution < -0.4 is 11.1 Å². The molecule has 0 aromatic heterocycles. The van der Waals surface area contributed by atoms with Gasteiger partial charge in [0.25, 0.3) is 0 Å². The molecule has 0 heterocycles. The van der Waals surface area contributed by atoms with Crippen molar-refractivity contribution in [3.05, 3.63) is 12.7 Å². The summed E-state index contributed by atoms with van der Waals surface area (Å²) in [6.45, 7) is 10.8. The minimum Gasteiger partial charge on any atom is -0.380 e. The summed E-state index contributed by atoms with van der Waals surface area (Å²) in [6.07, 6.45) is 2.14. The quantitative estimate of drug-likeness (QED) is 0.611. The molecule has 0 aliphatic rings. The van der Waals surface area contributed by atoms with E-state index in [1.165, 1.54) is 0 Å². The Balaban J connectivity index is 4.16. The number of rotatable bonds is 8. The summed E-state index contributed by atoms with van der Waals surface area (Å²) in [4.78, 5) is 11.7. The molecule has 0 bridgehead atoms. The van der Waals surface area contributed by atoms with Crippen LogP contribution in [0.1, 0.15) is 27.2 Å². The fourth-order valence-electron chi connectivity index (χ4n) is 1.22. The third kappa shape index (κ3) is 5.88. The van der Waals surface area contributed by atoms with Crippen molar-refractivity contribution >= 4 is 5.91 Å². The molecule has 0 saturated heterocycles. The van der Waals surface area contributed by atoms with Crippen molar-refractivity contribution in [2.75, 3.05) is 13.2 Å². The van der Waals surface area contributed by atoms with Crippen LogP contribution in [0.3, 0.4) is 0 Å².